The molecule has 7 nitrogen and oxygen atoms in total. The summed E-state index contributed by atoms with van der Waals surface area (Å²) in [6.07, 6.45) is 0. The third kappa shape index (κ3) is 5.45. The molecule has 0 fully saturated rings. The monoisotopic (exact) mass is 570 g/mol. The number of rotatable bonds is 8. The molecule has 4 aromatic rings. The summed E-state index contributed by atoms with van der Waals surface area (Å²) in [6.45, 7) is -3.18. The van der Waals surface area contributed by atoms with Gasteiger partial charge in [-0.15, -0.1) is 0 Å². The van der Waals surface area contributed by atoms with Crippen LogP contribution in [0, 0.1) is 5.41 Å². The first-order chi connectivity index (χ1) is 19.5. The molecule has 9 heteroatoms. The molecule has 0 atom stereocenters. The first-order valence-corrected chi connectivity index (χ1v) is 14.3. The molecule has 0 aromatic heterocycles. The van der Waals surface area contributed by atoms with E-state index in [1.165, 1.54) is 18.9 Å². The summed E-state index contributed by atoms with van der Waals surface area (Å²) < 4.78 is 11.8. The lowest BCUT2D eigenvalue weighted by molar-refractivity contribution is -0.442. The fraction of sp³-hybridized carbons (Fsp3) is 0.0645. The van der Waals surface area contributed by atoms with E-state index in [1.54, 1.807) is 24.3 Å². The van der Waals surface area contributed by atoms with Gasteiger partial charge in [0.05, 0.1) is 19.3 Å². The number of hydrazone groups is 1. The highest BCUT2D eigenvalue weighted by molar-refractivity contribution is 7.98. The molecule has 0 spiro atoms. The van der Waals surface area contributed by atoms with E-state index in [4.69, 9.17) is 26.5 Å². The summed E-state index contributed by atoms with van der Waals surface area (Å²) in [5.41, 5.74) is 0.152. The maximum atomic E-state index is 14.1. The van der Waals surface area contributed by atoms with Crippen molar-refractivity contribution in [2.24, 2.45) is 5.10 Å². The van der Waals surface area contributed by atoms with E-state index in [0.717, 1.165) is 15.9 Å². The number of halogens is 1. The van der Waals surface area contributed by atoms with Crippen LogP contribution in [0.2, 0.25) is 5.02 Å². The fourth-order valence-corrected chi connectivity index (χ4v) is 9.05. The second-order valence-electron chi connectivity index (χ2n) is 8.36. The number of carbonyl (C=O) groups excluding carboxylic acids is 2. The third-order valence-corrected chi connectivity index (χ3v) is 10.7. The minimum Gasteiger partial charge on any atom is -0.465 e. The molecule has 4 rings (SSSR count). The molecule has 0 saturated heterocycles. The maximum Gasteiger partial charge on any atom is 0.407 e. The van der Waals surface area contributed by atoms with Crippen molar-refractivity contribution < 1.29 is 23.7 Å². The van der Waals surface area contributed by atoms with Gasteiger partial charge < -0.3 is 9.47 Å². The molecule has 0 radical (unpaired) electrons. The molecule has 40 heavy (non-hydrogen) atoms. The lowest BCUT2D eigenvalue weighted by Crippen LogP contribution is -2.43. The predicted octanol–water partition coefficient (Wildman–Crippen LogP) is 4.61. The SMILES string of the molecule is COC(=O)C(/C(C(=O)OC)=[N+](\N=C=N)c1ccc(Cl)cc1)=P(c1ccccc1)(c1ccccc1)c1ccccc1. The Morgan fingerprint density at radius 3 is 1.52 bits per heavy atom. The Balaban J connectivity index is 2.43. The Morgan fingerprint density at radius 2 is 1.15 bits per heavy atom. The van der Waals surface area contributed by atoms with Crippen molar-refractivity contribution in [1.29, 1.82) is 5.41 Å². The van der Waals surface area contributed by atoms with Gasteiger partial charge in [-0.05, 0) is 39.6 Å². The van der Waals surface area contributed by atoms with Crippen molar-refractivity contribution in [3.63, 3.8) is 0 Å². The molecule has 0 aliphatic heterocycles. The molecule has 4 aromatic carbocycles. The molecule has 1 N–H and O–H groups in total. The highest BCUT2D eigenvalue weighted by Gasteiger charge is 2.45. The summed E-state index contributed by atoms with van der Waals surface area (Å²) >= 11 is 6.14. The zero-order valence-electron chi connectivity index (χ0n) is 21.8. The van der Waals surface area contributed by atoms with E-state index in [0.29, 0.717) is 10.7 Å². The molecule has 0 amide bonds. The van der Waals surface area contributed by atoms with Gasteiger partial charge >= 0.3 is 17.7 Å². The van der Waals surface area contributed by atoms with Gasteiger partial charge in [0.15, 0.2) is 11.3 Å². The summed E-state index contributed by atoms with van der Waals surface area (Å²) in [6, 6.07) is 37.0. The van der Waals surface area contributed by atoms with E-state index >= 15 is 0 Å². The number of carbonyl (C=O) groups is 2. The highest BCUT2D eigenvalue weighted by atomic mass is 35.5. The van der Waals surface area contributed by atoms with Crippen molar-refractivity contribution in [1.82, 2.24) is 0 Å². The van der Waals surface area contributed by atoms with Gasteiger partial charge in [-0.2, -0.15) is 0 Å². The van der Waals surface area contributed by atoms with E-state index in [1.807, 2.05) is 97.0 Å². The largest absolute Gasteiger partial charge is 0.465 e. The number of hydrogen-bond acceptors (Lipinski definition) is 6. The van der Waals surface area contributed by atoms with E-state index in [-0.39, 0.29) is 11.0 Å². The molecule has 0 aliphatic rings. The second-order valence-corrected chi connectivity index (χ2v) is 12.1. The quantitative estimate of drug-likeness (QED) is 0.110. The van der Waals surface area contributed by atoms with Gasteiger partial charge in [-0.3, -0.25) is 0 Å². The van der Waals surface area contributed by atoms with Gasteiger partial charge in [-0.25, -0.2) is 15.0 Å². The average molecular weight is 571 g/mol. The number of benzene rings is 4. The van der Waals surface area contributed by atoms with Crippen LogP contribution in [0.1, 0.15) is 0 Å². The van der Waals surface area contributed by atoms with Crippen LogP contribution < -0.4 is 15.9 Å². The van der Waals surface area contributed by atoms with Crippen LogP contribution in [-0.2, 0) is 19.1 Å². The number of nitrogens with one attached hydrogen (secondary N) is 1. The molecule has 0 bridgehead atoms. The van der Waals surface area contributed by atoms with Crippen molar-refractivity contribution in [3.05, 3.63) is 120 Å². The summed E-state index contributed by atoms with van der Waals surface area (Å²) in [5.74, 6) is -1.59. The number of esters is 2. The van der Waals surface area contributed by atoms with Gasteiger partial charge in [0, 0.05) is 17.2 Å². The molecule has 0 heterocycles. The summed E-state index contributed by atoms with van der Waals surface area (Å²) in [4.78, 5) is 27.9. The standard InChI is InChI=1S/C31H26ClN3O4P/c1-38-30(36)28(35(34-22-33)24-20-18-23(32)19-21-24)29(31(37)39-2)40(25-12-6-3-7-13-25,26-14-8-4-9-15-26)27-16-10-5-11-17-27/h3-21,33H,1-2H3/q+1/b35-28+. The third-order valence-electron chi connectivity index (χ3n) is 6.18. The maximum absolute atomic E-state index is 14.1. The minimum absolute atomic E-state index is 0.0411. The Kier molecular flexibility index (Phi) is 9.26. The van der Waals surface area contributed by atoms with Crippen molar-refractivity contribution in [2.75, 3.05) is 14.2 Å². The van der Waals surface area contributed by atoms with Gasteiger partial charge in [0.25, 0.3) is 0 Å². The number of hydrogen-bond donors (Lipinski definition) is 1. The number of ether oxygens (including phenoxy) is 2. The van der Waals surface area contributed by atoms with Crippen LogP contribution in [0.3, 0.4) is 0 Å². The van der Waals surface area contributed by atoms with Gasteiger partial charge in [-0.1, -0.05) is 103 Å². The number of nitrogens with zero attached hydrogens (tertiary/aromatic N) is 2. The van der Waals surface area contributed by atoms with Crippen molar-refractivity contribution in [2.45, 2.75) is 0 Å². The number of methoxy groups -OCH3 is 2. The minimum atomic E-state index is -3.18. The predicted molar refractivity (Wildman–Crippen MR) is 161 cm³/mol. The molecule has 200 valence electrons. The van der Waals surface area contributed by atoms with Gasteiger partial charge in [0.2, 0.25) is 5.69 Å². The highest BCUT2D eigenvalue weighted by Crippen LogP contribution is 2.47. The van der Waals surface area contributed by atoms with Crippen LogP contribution in [0.4, 0.5) is 5.69 Å². The molecular weight excluding hydrogens is 545 g/mol. The Labute approximate surface area is 237 Å². The van der Waals surface area contributed by atoms with Gasteiger partial charge in [0.1, 0.15) is 0 Å². The smallest absolute Gasteiger partial charge is 0.407 e. The fourth-order valence-electron chi connectivity index (χ4n) is 4.53. The Bertz CT molecular complexity index is 1550. The molecular formula is C31H26ClN3O4P+. The topological polar surface area (TPSA) is 91.8 Å². The molecule has 0 aliphatic carbocycles. The van der Waals surface area contributed by atoms with Crippen LogP contribution in [0.5, 0.6) is 0 Å². The van der Waals surface area contributed by atoms with Crippen LogP contribution in [-0.4, -0.2) is 47.9 Å². The Morgan fingerprint density at radius 1 is 0.725 bits per heavy atom. The molecule has 0 unspecified atom stereocenters. The lowest BCUT2D eigenvalue weighted by Gasteiger charge is -2.30. The zero-order valence-corrected chi connectivity index (χ0v) is 23.5. The van der Waals surface area contributed by atoms with E-state index in [2.05, 4.69) is 5.10 Å². The van der Waals surface area contributed by atoms with Crippen molar-refractivity contribution >= 4 is 69.0 Å². The second kappa shape index (κ2) is 13.0. The average Bonchev–Trinajstić information content (AvgIpc) is 3.01. The van der Waals surface area contributed by atoms with Crippen LogP contribution in [0.25, 0.3) is 0 Å². The molecule has 0 saturated carbocycles. The lowest BCUT2D eigenvalue weighted by atomic mass is 10.2. The first-order valence-electron chi connectivity index (χ1n) is 12.1. The van der Waals surface area contributed by atoms with Crippen LogP contribution >= 0.6 is 18.5 Å². The Hall–Kier alpha value is -4.54. The zero-order chi connectivity index (χ0) is 28.5. The van der Waals surface area contributed by atoms with E-state index in [9.17, 15) is 9.59 Å². The van der Waals surface area contributed by atoms with Crippen LogP contribution in [0.15, 0.2) is 120 Å². The first kappa shape index (κ1) is 28.5. The van der Waals surface area contributed by atoms with Crippen molar-refractivity contribution in [3.8, 4) is 0 Å². The summed E-state index contributed by atoms with van der Waals surface area (Å²) in [7, 11) is 2.48. The van der Waals surface area contributed by atoms with E-state index < -0.39 is 18.8 Å². The normalized spacial score (nSPS) is 11.5. The summed E-state index contributed by atoms with van der Waals surface area (Å²) in [5, 5.41) is 14.7.